The van der Waals surface area contributed by atoms with Gasteiger partial charge in [-0.2, -0.15) is 0 Å². The maximum Gasteiger partial charge on any atom is 0.225 e. The maximum absolute atomic E-state index is 13.0. The van der Waals surface area contributed by atoms with Gasteiger partial charge in [0.2, 0.25) is 5.91 Å². The number of benzene rings is 1. The zero-order chi connectivity index (χ0) is 18.5. The van der Waals surface area contributed by atoms with Crippen LogP contribution in [0.3, 0.4) is 0 Å². The monoisotopic (exact) mass is 360 g/mol. The highest BCUT2D eigenvalue weighted by atomic mass is 16.5. The van der Waals surface area contributed by atoms with Gasteiger partial charge in [-0.25, -0.2) is 0 Å². The van der Waals surface area contributed by atoms with Crippen LogP contribution in [0.5, 0.6) is 5.75 Å². The summed E-state index contributed by atoms with van der Waals surface area (Å²) in [7, 11) is 0. The van der Waals surface area contributed by atoms with Gasteiger partial charge in [-0.15, -0.1) is 0 Å². The lowest BCUT2D eigenvalue weighted by Gasteiger charge is -2.36. The predicted octanol–water partition coefficient (Wildman–Crippen LogP) is 3.08. The third-order valence-corrected chi connectivity index (χ3v) is 5.22. The molecule has 0 unspecified atom stereocenters. The molecule has 26 heavy (non-hydrogen) atoms. The van der Waals surface area contributed by atoms with Gasteiger partial charge in [-0.05, 0) is 39.7 Å². The van der Waals surface area contributed by atoms with E-state index in [9.17, 15) is 4.79 Å². The Hall–Kier alpha value is -1.59. The molecule has 5 heteroatoms. The second-order valence-corrected chi connectivity index (χ2v) is 7.58. The Morgan fingerprint density at radius 1 is 1.35 bits per heavy atom. The van der Waals surface area contributed by atoms with Gasteiger partial charge >= 0.3 is 0 Å². The van der Waals surface area contributed by atoms with E-state index in [-0.39, 0.29) is 12.0 Å². The van der Waals surface area contributed by atoms with Crippen LogP contribution < -0.4 is 4.74 Å². The molecule has 3 rings (SSSR count). The summed E-state index contributed by atoms with van der Waals surface area (Å²) in [5, 5.41) is 0. The van der Waals surface area contributed by atoms with Crippen LogP contribution in [0.15, 0.2) is 24.3 Å². The summed E-state index contributed by atoms with van der Waals surface area (Å²) in [5.74, 6) is 1.09. The van der Waals surface area contributed by atoms with Crippen molar-refractivity contribution in [2.75, 3.05) is 26.3 Å². The number of hydrogen-bond acceptors (Lipinski definition) is 4. The molecule has 1 atom stereocenters. The minimum Gasteiger partial charge on any atom is -0.494 e. The molecule has 2 aliphatic rings. The van der Waals surface area contributed by atoms with E-state index >= 15 is 0 Å². The standard InChI is InChI=1S/C21H32N2O3/c1-4-25-20-8-6-5-7-17(20)14-23(18-9-10-18)21(24)13-19-15-22(16(2)3)11-12-26-19/h5-8,16,18-19H,4,9-15H2,1-3H3/t19-/m1/s1. The minimum absolute atomic E-state index is 0.00188. The molecule has 1 aromatic rings. The zero-order valence-corrected chi connectivity index (χ0v) is 16.3. The third-order valence-electron chi connectivity index (χ3n) is 5.22. The normalized spacial score (nSPS) is 21.0. The van der Waals surface area contributed by atoms with Gasteiger partial charge in [0.05, 0.1) is 25.7 Å². The summed E-state index contributed by atoms with van der Waals surface area (Å²) >= 11 is 0. The lowest BCUT2D eigenvalue weighted by molar-refractivity contribution is -0.137. The van der Waals surface area contributed by atoms with Crippen molar-refractivity contribution in [3.05, 3.63) is 29.8 Å². The lowest BCUT2D eigenvalue weighted by atomic mass is 10.1. The highest BCUT2D eigenvalue weighted by molar-refractivity contribution is 5.77. The fourth-order valence-electron chi connectivity index (χ4n) is 3.57. The highest BCUT2D eigenvalue weighted by Crippen LogP contribution is 2.31. The average Bonchev–Trinajstić information content (AvgIpc) is 3.46. The van der Waals surface area contributed by atoms with E-state index in [1.807, 2.05) is 30.0 Å². The first kappa shape index (κ1) is 19.2. The SMILES string of the molecule is CCOc1ccccc1CN(C(=O)C[C@@H]1CN(C(C)C)CCO1)C1CC1. The Balaban J connectivity index is 1.64. The van der Waals surface area contributed by atoms with E-state index in [1.165, 1.54) is 0 Å². The largest absolute Gasteiger partial charge is 0.494 e. The van der Waals surface area contributed by atoms with E-state index in [2.05, 4.69) is 24.8 Å². The molecule has 144 valence electrons. The van der Waals surface area contributed by atoms with E-state index in [0.29, 0.717) is 38.3 Å². The molecule has 1 amide bonds. The molecule has 1 aliphatic carbocycles. The molecule has 5 nitrogen and oxygen atoms in total. The van der Waals surface area contributed by atoms with Crippen LogP contribution in [0.1, 0.15) is 45.6 Å². The van der Waals surface area contributed by atoms with Crippen molar-refractivity contribution >= 4 is 5.91 Å². The molecule has 0 spiro atoms. The molecule has 1 heterocycles. The fraction of sp³-hybridized carbons (Fsp3) is 0.667. The first-order valence-electron chi connectivity index (χ1n) is 9.94. The van der Waals surface area contributed by atoms with E-state index in [4.69, 9.17) is 9.47 Å². The Labute approximate surface area is 157 Å². The summed E-state index contributed by atoms with van der Waals surface area (Å²) in [4.78, 5) is 17.5. The van der Waals surface area contributed by atoms with Gasteiger partial charge in [0, 0.05) is 37.3 Å². The quantitative estimate of drug-likeness (QED) is 0.714. The van der Waals surface area contributed by atoms with Crippen molar-refractivity contribution in [2.45, 2.75) is 64.8 Å². The van der Waals surface area contributed by atoms with Crippen LogP contribution in [0, 0.1) is 0 Å². The minimum atomic E-state index is 0.00188. The van der Waals surface area contributed by atoms with Gasteiger partial charge in [0.25, 0.3) is 0 Å². The molecule has 0 N–H and O–H groups in total. The van der Waals surface area contributed by atoms with Crippen molar-refractivity contribution in [3.8, 4) is 5.75 Å². The molecule has 2 fully saturated rings. The Morgan fingerprint density at radius 2 is 2.12 bits per heavy atom. The van der Waals surface area contributed by atoms with Gasteiger partial charge in [0.15, 0.2) is 0 Å². The number of para-hydroxylation sites is 1. The van der Waals surface area contributed by atoms with E-state index in [0.717, 1.165) is 37.2 Å². The molecule has 0 bridgehead atoms. The number of ether oxygens (including phenoxy) is 2. The molecular weight excluding hydrogens is 328 g/mol. The van der Waals surface area contributed by atoms with Crippen LogP contribution >= 0.6 is 0 Å². The van der Waals surface area contributed by atoms with Crippen LogP contribution in [0.4, 0.5) is 0 Å². The average molecular weight is 360 g/mol. The molecule has 0 radical (unpaired) electrons. The molecule has 1 saturated heterocycles. The molecule has 0 aromatic heterocycles. The number of carbonyl (C=O) groups excluding carboxylic acids is 1. The second kappa shape index (κ2) is 8.87. The van der Waals surface area contributed by atoms with Gasteiger partial charge in [0.1, 0.15) is 5.75 Å². The lowest BCUT2D eigenvalue weighted by Crippen LogP contribution is -2.47. The topological polar surface area (TPSA) is 42.0 Å². The van der Waals surface area contributed by atoms with Crippen molar-refractivity contribution in [2.24, 2.45) is 0 Å². The van der Waals surface area contributed by atoms with Crippen molar-refractivity contribution in [1.82, 2.24) is 9.80 Å². The summed E-state index contributed by atoms with van der Waals surface area (Å²) in [6.07, 6.45) is 2.68. The second-order valence-electron chi connectivity index (χ2n) is 7.58. The number of carbonyl (C=O) groups is 1. The van der Waals surface area contributed by atoms with Crippen LogP contribution in [0.25, 0.3) is 0 Å². The van der Waals surface area contributed by atoms with Crippen molar-refractivity contribution in [1.29, 1.82) is 0 Å². The number of rotatable bonds is 8. The highest BCUT2D eigenvalue weighted by Gasteiger charge is 2.35. The predicted molar refractivity (Wildman–Crippen MR) is 102 cm³/mol. The van der Waals surface area contributed by atoms with Crippen molar-refractivity contribution in [3.63, 3.8) is 0 Å². The molecular formula is C21H32N2O3. The Morgan fingerprint density at radius 3 is 2.81 bits per heavy atom. The van der Waals surface area contributed by atoms with Crippen LogP contribution in [-0.4, -0.2) is 60.2 Å². The molecule has 1 aliphatic heterocycles. The third kappa shape index (κ3) is 4.98. The Bertz CT molecular complexity index is 601. The Kier molecular flexibility index (Phi) is 6.54. The number of morpholine rings is 1. The van der Waals surface area contributed by atoms with Crippen LogP contribution in [-0.2, 0) is 16.1 Å². The smallest absolute Gasteiger partial charge is 0.225 e. The van der Waals surface area contributed by atoms with Gasteiger partial charge < -0.3 is 14.4 Å². The van der Waals surface area contributed by atoms with Crippen molar-refractivity contribution < 1.29 is 14.3 Å². The summed E-state index contributed by atoms with van der Waals surface area (Å²) in [6, 6.07) is 8.91. The molecule has 1 saturated carbocycles. The van der Waals surface area contributed by atoms with Gasteiger partial charge in [-0.1, -0.05) is 18.2 Å². The first-order chi connectivity index (χ1) is 12.6. The summed E-state index contributed by atoms with van der Waals surface area (Å²) < 4.78 is 11.6. The summed E-state index contributed by atoms with van der Waals surface area (Å²) in [5.41, 5.74) is 1.09. The summed E-state index contributed by atoms with van der Waals surface area (Å²) in [6.45, 7) is 10.2. The first-order valence-corrected chi connectivity index (χ1v) is 9.94. The fourth-order valence-corrected chi connectivity index (χ4v) is 3.57. The number of nitrogens with zero attached hydrogens (tertiary/aromatic N) is 2. The molecule has 1 aromatic carbocycles. The van der Waals surface area contributed by atoms with E-state index in [1.54, 1.807) is 0 Å². The van der Waals surface area contributed by atoms with Gasteiger partial charge in [-0.3, -0.25) is 9.69 Å². The number of amides is 1. The number of hydrogen-bond donors (Lipinski definition) is 0. The van der Waals surface area contributed by atoms with E-state index < -0.39 is 0 Å². The van der Waals surface area contributed by atoms with Crippen LogP contribution in [0.2, 0.25) is 0 Å². The zero-order valence-electron chi connectivity index (χ0n) is 16.3. The maximum atomic E-state index is 13.0.